The lowest BCUT2D eigenvalue weighted by molar-refractivity contribution is -0.403. The lowest BCUT2D eigenvalue weighted by Crippen LogP contribution is -2.47. The summed E-state index contributed by atoms with van der Waals surface area (Å²) in [4.78, 5) is 0. The summed E-state index contributed by atoms with van der Waals surface area (Å²) in [6.07, 6.45) is 11.6. The van der Waals surface area contributed by atoms with E-state index in [0.717, 1.165) is 25.7 Å². The smallest absolute Gasteiger partial charge is 0.285 e. The second-order valence-electron chi connectivity index (χ2n) is 8.32. The molecule has 0 amide bonds. The maximum atomic E-state index is 6.48. The van der Waals surface area contributed by atoms with Crippen molar-refractivity contribution in [3.8, 4) is 0 Å². The van der Waals surface area contributed by atoms with Gasteiger partial charge in [0.1, 0.15) is 0 Å². The number of halogens is 1. The number of benzene rings is 1. The van der Waals surface area contributed by atoms with Crippen molar-refractivity contribution < 1.29 is 14.2 Å². The summed E-state index contributed by atoms with van der Waals surface area (Å²) in [6, 6.07) is 8.71. The van der Waals surface area contributed by atoms with Crippen molar-refractivity contribution in [2.75, 3.05) is 19.8 Å². The predicted octanol–water partition coefficient (Wildman–Crippen LogP) is 8.44. The molecule has 0 fully saturated rings. The fraction of sp³-hybridized carbons (Fsp3) is 0.778. The molecule has 0 radical (unpaired) electrons. The van der Waals surface area contributed by atoms with Gasteiger partial charge in [0.05, 0.1) is 5.38 Å². The van der Waals surface area contributed by atoms with Crippen LogP contribution in [0, 0.1) is 5.92 Å². The number of aryl methyl sites for hydroxylation is 1. The number of hydrogen-bond donors (Lipinski definition) is 0. The monoisotopic (exact) mass is 454 g/mol. The van der Waals surface area contributed by atoms with E-state index >= 15 is 0 Å². The third-order valence-corrected chi connectivity index (χ3v) is 6.46. The van der Waals surface area contributed by atoms with Gasteiger partial charge in [0.25, 0.3) is 5.97 Å². The van der Waals surface area contributed by atoms with Crippen molar-refractivity contribution in [2.24, 2.45) is 5.92 Å². The van der Waals surface area contributed by atoms with Gasteiger partial charge in [-0.05, 0) is 57.6 Å². The first-order chi connectivity index (χ1) is 15.1. The van der Waals surface area contributed by atoms with Crippen LogP contribution >= 0.6 is 11.6 Å². The van der Waals surface area contributed by atoms with E-state index < -0.39 is 5.97 Å². The van der Waals surface area contributed by atoms with E-state index in [1.54, 1.807) is 0 Å². The highest BCUT2D eigenvalue weighted by molar-refractivity contribution is 6.20. The van der Waals surface area contributed by atoms with Crippen LogP contribution in [0.2, 0.25) is 0 Å². The van der Waals surface area contributed by atoms with Crippen LogP contribution in [0.1, 0.15) is 109 Å². The van der Waals surface area contributed by atoms with Gasteiger partial charge in [0.2, 0.25) is 0 Å². The zero-order valence-electron chi connectivity index (χ0n) is 20.8. The molecule has 2 atom stereocenters. The average molecular weight is 455 g/mol. The normalized spacial score (nSPS) is 14.0. The number of rotatable bonds is 19. The molecule has 0 saturated heterocycles. The molecule has 0 spiro atoms. The molecule has 0 aromatic heterocycles. The Labute approximate surface area is 197 Å². The summed E-state index contributed by atoms with van der Waals surface area (Å²) in [5.74, 6) is -0.752. The van der Waals surface area contributed by atoms with Crippen LogP contribution in [0.3, 0.4) is 0 Å². The number of hydrogen-bond acceptors (Lipinski definition) is 3. The molecule has 0 heterocycles. The van der Waals surface area contributed by atoms with E-state index in [0.29, 0.717) is 19.8 Å². The average Bonchev–Trinajstić information content (AvgIpc) is 2.78. The number of ether oxygens (including phenoxy) is 3. The lowest BCUT2D eigenvalue weighted by atomic mass is 9.90. The molecule has 0 N–H and O–H groups in total. The lowest BCUT2D eigenvalue weighted by Gasteiger charge is -2.39. The Kier molecular flexibility index (Phi) is 15.5. The largest absolute Gasteiger partial charge is 0.328 e. The van der Waals surface area contributed by atoms with Crippen molar-refractivity contribution >= 4 is 11.6 Å². The molecule has 2 unspecified atom stereocenters. The van der Waals surface area contributed by atoms with Crippen LogP contribution in [0.5, 0.6) is 0 Å². The van der Waals surface area contributed by atoms with Gasteiger partial charge in [-0.2, -0.15) is 0 Å². The number of unbranched alkanes of at least 4 members (excludes halogenated alkanes) is 5. The van der Waals surface area contributed by atoms with Gasteiger partial charge in [-0.1, -0.05) is 76.6 Å². The summed E-state index contributed by atoms with van der Waals surface area (Å²) in [5, 5.41) is 0.0771. The van der Waals surface area contributed by atoms with Gasteiger partial charge in [-0.3, -0.25) is 0 Å². The van der Waals surface area contributed by atoms with E-state index in [2.05, 4.69) is 38.1 Å². The number of alkyl halides is 1. The molecule has 1 aromatic carbocycles. The van der Waals surface area contributed by atoms with E-state index in [4.69, 9.17) is 25.8 Å². The van der Waals surface area contributed by atoms with Gasteiger partial charge < -0.3 is 14.2 Å². The minimum absolute atomic E-state index is 0.0771. The summed E-state index contributed by atoms with van der Waals surface area (Å²) in [6.45, 7) is 12.2. The quantitative estimate of drug-likeness (QED) is 0.119. The highest BCUT2D eigenvalue weighted by Gasteiger charge is 2.41. The topological polar surface area (TPSA) is 27.7 Å². The molecule has 0 aliphatic rings. The van der Waals surface area contributed by atoms with Crippen molar-refractivity contribution in [3.63, 3.8) is 0 Å². The molecule has 0 bridgehead atoms. The van der Waals surface area contributed by atoms with Crippen LogP contribution < -0.4 is 0 Å². The van der Waals surface area contributed by atoms with Crippen molar-refractivity contribution in [1.29, 1.82) is 0 Å². The standard InChI is InChI=1S/C27H47ClO3/c1-6-11-12-13-14-15-19-25(27(29-8-3,30-9-4)31-10-5)21-20-23-17-16-18-24(22-23)26(28)7-2/h16-18,22,25-26H,6-15,19-21H2,1-5H3. The SMILES string of the molecule is CCCCCCCCC(CCc1cccc(C(Cl)CC)c1)C(OCC)(OCC)OCC. The van der Waals surface area contributed by atoms with Gasteiger partial charge in [-0.15, -0.1) is 11.6 Å². The summed E-state index contributed by atoms with van der Waals surface area (Å²) < 4.78 is 18.5. The predicted molar refractivity (Wildman–Crippen MR) is 133 cm³/mol. The molecule has 3 nitrogen and oxygen atoms in total. The third kappa shape index (κ3) is 10.2. The van der Waals surface area contributed by atoms with Crippen LogP contribution in [0.4, 0.5) is 0 Å². The molecule has 0 aliphatic carbocycles. The summed E-state index contributed by atoms with van der Waals surface area (Å²) in [5.41, 5.74) is 2.53. The molecular weight excluding hydrogens is 408 g/mol. The first kappa shape index (κ1) is 28.4. The Hall–Kier alpha value is -0.610. The third-order valence-electron chi connectivity index (χ3n) is 5.90. The molecule has 0 aliphatic heterocycles. The second-order valence-corrected chi connectivity index (χ2v) is 8.84. The van der Waals surface area contributed by atoms with Gasteiger partial charge in [0.15, 0.2) is 0 Å². The fourth-order valence-corrected chi connectivity index (χ4v) is 4.41. The van der Waals surface area contributed by atoms with Crippen LogP contribution in [0.15, 0.2) is 24.3 Å². The van der Waals surface area contributed by atoms with Gasteiger partial charge >= 0.3 is 0 Å². The Morgan fingerprint density at radius 1 is 0.806 bits per heavy atom. The minimum atomic E-state index is -0.947. The molecule has 4 heteroatoms. The molecule has 0 saturated carbocycles. The van der Waals surface area contributed by atoms with E-state index in [1.165, 1.54) is 49.7 Å². The van der Waals surface area contributed by atoms with Crippen molar-refractivity contribution in [1.82, 2.24) is 0 Å². The maximum absolute atomic E-state index is 6.48. The zero-order valence-corrected chi connectivity index (χ0v) is 21.5. The second kappa shape index (κ2) is 16.9. The minimum Gasteiger partial charge on any atom is -0.328 e. The van der Waals surface area contributed by atoms with Crippen LogP contribution in [0.25, 0.3) is 0 Å². The van der Waals surface area contributed by atoms with Crippen molar-refractivity contribution in [3.05, 3.63) is 35.4 Å². The Morgan fingerprint density at radius 2 is 1.42 bits per heavy atom. The first-order valence-corrected chi connectivity index (χ1v) is 13.1. The molecule has 31 heavy (non-hydrogen) atoms. The van der Waals surface area contributed by atoms with E-state index in [9.17, 15) is 0 Å². The maximum Gasteiger partial charge on any atom is 0.285 e. The fourth-order valence-electron chi connectivity index (χ4n) is 4.27. The molecule has 1 aromatic rings. The summed E-state index contributed by atoms with van der Waals surface area (Å²) in [7, 11) is 0. The molecular formula is C27H47ClO3. The van der Waals surface area contributed by atoms with Crippen LogP contribution in [-0.4, -0.2) is 25.8 Å². The molecule has 1 rings (SSSR count). The highest BCUT2D eigenvalue weighted by atomic mass is 35.5. The van der Waals surface area contributed by atoms with Crippen LogP contribution in [-0.2, 0) is 20.6 Å². The summed E-state index contributed by atoms with van der Waals surface area (Å²) >= 11 is 6.48. The Balaban J connectivity index is 2.91. The van der Waals surface area contributed by atoms with Gasteiger partial charge in [0, 0.05) is 25.7 Å². The first-order valence-electron chi connectivity index (χ1n) is 12.7. The van der Waals surface area contributed by atoms with Gasteiger partial charge in [-0.25, -0.2) is 0 Å². The zero-order chi connectivity index (χ0) is 23.0. The highest BCUT2D eigenvalue weighted by Crippen LogP contribution is 2.34. The Morgan fingerprint density at radius 3 is 2.00 bits per heavy atom. The van der Waals surface area contributed by atoms with E-state index in [1.807, 2.05) is 20.8 Å². The molecule has 180 valence electrons. The van der Waals surface area contributed by atoms with Crippen molar-refractivity contribution in [2.45, 2.75) is 110 Å². The van der Waals surface area contributed by atoms with E-state index in [-0.39, 0.29) is 11.3 Å². The Bertz CT molecular complexity index is 546.